The number of rotatable bonds is 5. The summed E-state index contributed by atoms with van der Waals surface area (Å²) in [6.45, 7) is 4.23. The predicted octanol–water partition coefficient (Wildman–Crippen LogP) is 4.56. The van der Waals surface area contributed by atoms with E-state index < -0.39 is 15.7 Å². The van der Waals surface area contributed by atoms with Crippen molar-refractivity contribution in [1.82, 2.24) is 9.97 Å². The molecule has 2 aromatic carbocycles. The number of carbonyl (C=O) groups is 1. The number of nitrogens with zero attached hydrogens (tertiary/aromatic N) is 3. The van der Waals surface area contributed by atoms with Crippen molar-refractivity contribution in [3.63, 3.8) is 0 Å². The van der Waals surface area contributed by atoms with Crippen molar-refractivity contribution in [2.24, 2.45) is 0 Å². The molecule has 2 heterocycles. The van der Waals surface area contributed by atoms with Gasteiger partial charge in [-0.1, -0.05) is 29.5 Å². The Morgan fingerprint density at radius 3 is 2.45 bits per heavy atom. The lowest BCUT2D eigenvalue weighted by atomic mass is 10.1. The third-order valence-corrected chi connectivity index (χ3v) is 7.23. The van der Waals surface area contributed by atoms with E-state index in [4.69, 9.17) is 4.98 Å². The zero-order chi connectivity index (χ0) is 22.2. The summed E-state index contributed by atoms with van der Waals surface area (Å²) < 4.78 is 25.6. The molecule has 0 atom stereocenters. The standard InChI is InChI=1S/C23H21N3O3S2/c1-15-12-19-20(13-16(15)2)30-23(25-19)26(14-17-8-6-7-11-24-17)22(27)18-9-4-5-10-21(18)31(3,28)29/h4-13H,14H2,1-3H3. The van der Waals surface area contributed by atoms with Gasteiger partial charge >= 0.3 is 0 Å². The highest BCUT2D eigenvalue weighted by Gasteiger charge is 2.26. The number of hydrogen-bond donors (Lipinski definition) is 0. The van der Waals surface area contributed by atoms with Crippen LogP contribution in [0.4, 0.5) is 5.13 Å². The first kappa shape index (κ1) is 21.1. The van der Waals surface area contributed by atoms with E-state index in [0.29, 0.717) is 10.8 Å². The smallest absolute Gasteiger partial charge is 0.261 e. The molecule has 0 N–H and O–H groups in total. The minimum absolute atomic E-state index is 0.00109. The van der Waals surface area contributed by atoms with Crippen LogP contribution in [0.25, 0.3) is 10.2 Å². The Morgan fingerprint density at radius 1 is 1.03 bits per heavy atom. The second kappa shape index (κ2) is 8.20. The second-order valence-corrected chi connectivity index (χ2v) is 10.4. The summed E-state index contributed by atoms with van der Waals surface area (Å²) in [6, 6.07) is 15.8. The van der Waals surface area contributed by atoms with E-state index in [1.165, 1.54) is 28.4 Å². The maximum atomic E-state index is 13.6. The summed E-state index contributed by atoms with van der Waals surface area (Å²) in [5, 5.41) is 0.499. The molecular weight excluding hydrogens is 430 g/mol. The molecule has 0 fully saturated rings. The van der Waals surface area contributed by atoms with Crippen LogP contribution >= 0.6 is 11.3 Å². The fourth-order valence-corrected chi connectivity index (χ4v) is 5.20. The molecule has 0 radical (unpaired) electrons. The van der Waals surface area contributed by atoms with Gasteiger partial charge in [-0.2, -0.15) is 0 Å². The van der Waals surface area contributed by atoms with E-state index in [9.17, 15) is 13.2 Å². The molecule has 0 bridgehead atoms. The van der Waals surface area contributed by atoms with Gasteiger partial charge in [0.05, 0.1) is 32.9 Å². The molecule has 0 saturated carbocycles. The molecule has 1 amide bonds. The van der Waals surface area contributed by atoms with E-state index in [1.54, 1.807) is 24.4 Å². The number of thiazole rings is 1. The Bertz CT molecular complexity index is 1340. The van der Waals surface area contributed by atoms with Crippen molar-refractivity contribution in [2.45, 2.75) is 25.3 Å². The molecule has 0 aliphatic heterocycles. The maximum absolute atomic E-state index is 13.6. The van der Waals surface area contributed by atoms with Gasteiger partial charge in [-0.15, -0.1) is 0 Å². The highest BCUT2D eigenvalue weighted by atomic mass is 32.2. The number of benzene rings is 2. The number of fused-ring (bicyclic) bond motifs is 1. The summed E-state index contributed by atoms with van der Waals surface area (Å²) in [5.41, 5.74) is 3.87. The first-order chi connectivity index (χ1) is 14.7. The molecule has 158 valence electrons. The maximum Gasteiger partial charge on any atom is 0.261 e. The normalized spacial score (nSPS) is 11.6. The Hall–Kier alpha value is -3.10. The fraction of sp³-hybridized carbons (Fsp3) is 0.174. The third kappa shape index (κ3) is 4.35. The summed E-state index contributed by atoms with van der Waals surface area (Å²) in [6.07, 6.45) is 2.76. The molecule has 0 unspecified atom stereocenters. The van der Waals surface area contributed by atoms with Crippen molar-refractivity contribution < 1.29 is 13.2 Å². The van der Waals surface area contributed by atoms with Gasteiger partial charge in [-0.05, 0) is 61.4 Å². The van der Waals surface area contributed by atoms with Gasteiger partial charge in [0.25, 0.3) is 5.91 Å². The zero-order valence-electron chi connectivity index (χ0n) is 17.4. The number of aromatic nitrogens is 2. The lowest BCUT2D eigenvalue weighted by Crippen LogP contribution is -2.31. The molecule has 4 aromatic rings. The van der Waals surface area contributed by atoms with Gasteiger partial charge in [-0.25, -0.2) is 13.4 Å². The molecule has 8 heteroatoms. The monoisotopic (exact) mass is 451 g/mol. The van der Waals surface area contributed by atoms with Crippen LogP contribution in [0.15, 0.2) is 65.7 Å². The topological polar surface area (TPSA) is 80.2 Å². The van der Waals surface area contributed by atoms with E-state index in [1.807, 2.05) is 32.0 Å². The van der Waals surface area contributed by atoms with E-state index >= 15 is 0 Å². The van der Waals surface area contributed by atoms with Crippen LogP contribution in [0, 0.1) is 13.8 Å². The number of carbonyl (C=O) groups excluding carboxylic acids is 1. The Kier molecular flexibility index (Phi) is 5.60. The Morgan fingerprint density at radius 2 is 1.74 bits per heavy atom. The summed E-state index contributed by atoms with van der Waals surface area (Å²) in [5.74, 6) is -0.431. The van der Waals surface area contributed by atoms with Crippen molar-refractivity contribution in [1.29, 1.82) is 0 Å². The largest absolute Gasteiger partial charge is 0.278 e. The van der Waals surface area contributed by atoms with Gasteiger partial charge in [0.15, 0.2) is 15.0 Å². The SMILES string of the molecule is Cc1cc2nc(N(Cc3ccccn3)C(=O)c3ccccc3S(C)(=O)=O)sc2cc1C. The number of anilines is 1. The van der Waals surface area contributed by atoms with E-state index in [0.717, 1.165) is 27.6 Å². The summed E-state index contributed by atoms with van der Waals surface area (Å²) >= 11 is 1.40. The summed E-state index contributed by atoms with van der Waals surface area (Å²) in [4.78, 5) is 24.2. The number of amides is 1. The average Bonchev–Trinajstić information content (AvgIpc) is 3.14. The van der Waals surface area contributed by atoms with Crippen LogP contribution < -0.4 is 4.90 Å². The van der Waals surface area contributed by atoms with Gasteiger partial charge in [0.2, 0.25) is 0 Å². The second-order valence-electron chi connectivity index (χ2n) is 7.38. The molecule has 2 aromatic heterocycles. The predicted molar refractivity (Wildman–Crippen MR) is 123 cm³/mol. The molecule has 0 spiro atoms. The van der Waals surface area contributed by atoms with E-state index in [2.05, 4.69) is 11.1 Å². The Labute approximate surface area is 185 Å². The Balaban J connectivity index is 1.85. The van der Waals surface area contributed by atoms with Gasteiger partial charge in [0.1, 0.15) is 0 Å². The molecule has 6 nitrogen and oxygen atoms in total. The van der Waals surface area contributed by atoms with Crippen molar-refractivity contribution in [3.05, 3.63) is 83.2 Å². The van der Waals surface area contributed by atoms with Crippen LogP contribution in [-0.2, 0) is 16.4 Å². The van der Waals surface area contributed by atoms with Crippen molar-refractivity contribution in [3.8, 4) is 0 Å². The van der Waals surface area contributed by atoms with Crippen LogP contribution in [-0.4, -0.2) is 30.5 Å². The molecule has 0 saturated heterocycles. The molecular formula is C23H21N3O3S2. The third-order valence-electron chi connectivity index (χ3n) is 5.03. The highest BCUT2D eigenvalue weighted by Crippen LogP contribution is 2.33. The van der Waals surface area contributed by atoms with Crippen molar-refractivity contribution in [2.75, 3.05) is 11.2 Å². The van der Waals surface area contributed by atoms with Crippen LogP contribution in [0.2, 0.25) is 0 Å². The van der Waals surface area contributed by atoms with Gasteiger partial charge in [0, 0.05) is 12.5 Å². The molecule has 31 heavy (non-hydrogen) atoms. The van der Waals surface area contributed by atoms with Crippen molar-refractivity contribution >= 4 is 42.4 Å². The molecule has 0 aliphatic rings. The van der Waals surface area contributed by atoms with Crippen LogP contribution in [0.5, 0.6) is 0 Å². The number of hydrogen-bond acceptors (Lipinski definition) is 6. The van der Waals surface area contributed by atoms with Crippen LogP contribution in [0.3, 0.4) is 0 Å². The quantitative estimate of drug-likeness (QED) is 0.444. The number of pyridine rings is 1. The highest BCUT2D eigenvalue weighted by molar-refractivity contribution is 7.90. The summed E-state index contributed by atoms with van der Waals surface area (Å²) in [7, 11) is -3.58. The fourth-order valence-electron chi connectivity index (χ4n) is 3.28. The first-order valence-electron chi connectivity index (χ1n) is 9.62. The lowest BCUT2D eigenvalue weighted by Gasteiger charge is -2.20. The van der Waals surface area contributed by atoms with Crippen LogP contribution in [0.1, 0.15) is 27.2 Å². The number of aryl methyl sites for hydroxylation is 2. The zero-order valence-corrected chi connectivity index (χ0v) is 19.0. The van der Waals surface area contributed by atoms with E-state index in [-0.39, 0.29) is 17.0 Å². The molecule has 4 rings (SSSR count). The number of sulfone groups is 1. The molecule has 0 aliphatic carbocycles. The van der Waals surface area contributed by atoms with Gasteiger partial charge in [-0.3, -0.25) is 14.7 Å². The first-order valence-corrected chi connectivity index (χ1v) is 12.3. The lowest BCUT2D eigenvalue weighted by molar-refractivity contribution is 0.0981. The minimum atomic E-state index is -3.58. The van der Waals surface area contributed by atoms with Gasteiger partial charge < -0.3 is 0 Å². The minimum Gasteiger partial charge on any atom is -0.278 e. The average molecular weight is 452 g/mol.